The third kappa shape index (κ3) is 3.23. The standard InChI is InChI=1S/C14H12N2S3/c1-10-4-5-13(15-7-10)18-8-11-9-19-14(16-11)12-3-2-6-17-12/h2-7,9H,8H2,1H3. The maximum atomic E-state index is 4.67. The monoisotopic (exact) mass is 304 g/mol. The van der Waals surface area contributed by atoms with E-state index in [1.165, 1.54) is 10.4 Å². The lowest BCUT2D eigenvalue weighted by Gasteiger charge is -1.98. The molecule has 0 aliphatic heterocycles. The Hall–Kier alpha value is -1.17. The number of hydrogen-bond donors (Lipinski definition) is 0. The van der Waals surface area contributed by atoms with Gasteiger partial charge in [0, 0.05) is 17.3 Å². The van der Waals surface area contributed by atoms with Crippen molar-refractivity contribution in [2.24, 2.45) is 0 Å². The quantitative estimate of drug-likeness (QED) is 0.643. The van der Waals surface area contributed by atoms with E-state index in [2.05, 4.69) is 51.9 Å². The molecule has 0 aromatic carbocycles. The second-order valence-electron chi connectivity index (χ2n) is 4.08. The highest BCUT2D eigenvalue weighted by molar-refractivity contribution is 7.98. The summed E-state index contributed by atoms with van der Waals surface area (Å²) in [5, 5.41) is 6.39. The molecule has 5 heteroatoms. The number of thioether (sulfide) groups is 1. The van der Waals surface area contributed by atoms with Crippen LogP contribution in [0.4, 0.5) is 0 Å². The summed E-state index contributed by atoms with van der Waals surface area (Å²) in [6.45, 7) is 2.05. The topological polar surface area (TPSA) is 25.8 Å². The van der Waals surface area contributed by atoms with Crippen molar-refractivity contribution in [1.29, 1.82) is 0 Å². The fourth-order valence-corrected chi connectivity index (χ4v) is 4.05. The Bertz CT molecular complexity index is 642. The number of aromatic nitrogens is 2. The zero-order valence-corrected chi connectivity index (χ0v) is 12.8. The molecule has 3 aromatic heterocycles. The van der Waals surface area contributed by atoms with Crippen molar-refractivity contribution in [3.05, 3.63) is 52.5 Å². The first-order valence-corrected chi connectivity index (χ1v) is 8.59. The minimum absolute atomic E-state index is 0.873. The molecule has 0 saturated carbocycles. The van der Waals surface area contributed by atoms with Crippen molar-refractivity contribution in [1.82, 2.24) is 9.97 Å². The lowest BCUT2D eigenvalue weighted by Crippen LogP contribution is -1.84. The predicted octanol–water partition coefficient (Wildman–Crippen LogP) is 4.87. The van der Waals surface area contributed by atoms with Crippen molar-refractivity contribution >= 4 is 34.4 Å². The molecule has 19 heavy (non-hydrogen) atoms. The number of aryl methyl sites for hydroxylation is 1. The van der Waals surface area contributed by atoms with Gasteiger partial charge in [-0.05, 0) is 30.0 Å². The smallest absolute Gasteiger partial charge is 0.133 e. The average Bonchev–Trinajstić information content (AvgIpc) is 3.09. The van der Waals surface area contributed by atoms with Crippen LogP contribution in [0.5, 0.6) is 0 Å². The Labute approximate surface area is 124 Å². The van der Waals surface area contributed by atoms with Crippen LogP contribution in [0.3, 0.4) is 0 Å². The first kappa shape index (κ1) is 12.8. The molecule has 0 saturated heterocycles. The minimum atomic E-state index is 0.873. The number of hydrogen-bond acceptors (Lipinski definition) is 5. The van der Waals surface area contributed by atoms with Gasteiger partial charge in [0.05, 0.1) is 15.6 Å². The number of rotatable bonds is 4. The summed E-state index contributed by atoms with van der Waals surface area (Å²) in [4.78, 5) is 10.3. The second kappa shape index (κ2) is 5.86. The summed E-state index contributed by atoms with van der Waals surface area (Å²) in [6, 6.07) is 8.33. The van der Waals surface area contributed by atoms with Crippen LogP contribution >= 0.6 is 34.4 Å². The van der Waals surface area contributed by atoms with Gasteiger partial charge in [-0.25, -0.2) is 9.97 Å². The third-order valence-corrected chi connectivity index (χ3v) is 5.44. The molecule has 3 heterocycles. The van der Waals surface area contributed by atoms with E-state index in [-0.39, 0.29) is 0 Å². The average molecular weight is 304 g/mol. The number of nitrogens with zero attached hydrogens (tertiary/aromatic N) is 2. The van der Waals surface area contributed by atoms with Crippen molar-refractivity contribution in [2.45, 2.75) is 17.7 Å². The first-order chi connectivity index (χ1) is 9.31. The van der Waals surface area contributed by atoms with Crippen LogP contribution < -0.4 is 0 Å². The first-order valence-electron chi connectivity index (χ1n) is 5.85. The molecule has 0 fully saturated rings. The van der Waals surface area contributed by atoms with E-state index in [4.69, 9.17) is 0 Å². The Balaban J connectivity index is 1.66. The van der Waals surface area contributed by atoms with E-state index in [0.717, 1.165) is 21.5 Å². The molecule has 0 bridgehead atoms. The van der Waals surface area contributed by atoms with Crippen LogP contribution in [0.1, 0.15) is 11.3 Å². The lowest BCUT2D eigenvalue weighted by atomic mass is 10.3. The second-order valence-corrected chi connectivity index (χ2v) is 6.89. The fourth-order valence-electron chi connectivity index (χ4n) is 1.57. The van der Waals surface area contributed by atoms with Crippen molar-refractivity contribution in [2.75, 3.05) is 0 Å². The molecule has 0 amide bonds. The molecule has 0 spiro atoms. The molecule has 0 atom stereocenters. The zero-order chi connectivity index (χ0) is 13.1. The Kier molecular flexibility index (Phi) is 3.96. The van der Waals surface area contributed by atoms with Gasteiger partial charge in [0.1, 0.15) is 5.01 Å². The summed E-state index contributed by atoms with van der Waals surface area (Å²) in [6.07, 6.45) is 1.90. The van der Waals surface area contributed by atoms with Crippen molar-refractivity contribution in [3.8, 4) is 9.88 Å². The number of thiophene rings is 1. The van der Waals surface area contributed by atoms with Crippen molar-refractivity contribution in [3.63, 3.8) is 0 Å². The predicted molar refractivity (Wildman–Crippen MR) is 84.0 cm³/mol. The van der Waals surface area contributed by atoms with Gasteiger partial charge in [0.15, 0.2) is 0 Å². The maximum Gasteiger partial charge on any atom is 0.133 e. The summed E-state index contributed by atoms with van der Waals surface area (Å²) < 4.78 is 0. The Morgan fingerprint density at radius 1 is 1.21 bits per heavy atom. The van der Waals surface area contributed by atoms with Gasteiger partial charge in [0.2, 0.25) is 0 Å². The molecule has 96 valence electrons. The van der Waals surface area contributed by atoms with E-state index >= 15 is 0 Å². The summed E-state index contributed by atoms with van der Waals surface area (Å²) in [5.74, 6) is 0.873. The van der Waals surface area contributed by atoms with Crippen LogP contribution in [0.25, 0.3) is 9.88 Å². The normalized spacial score (nSPS) is 10.8. The number of pyridine rings is 1. The van der Waals surface area contributed by atoms with E-state index < -0.39 is 0 Å². The number of thiazole rings is 1. The van der Waals surface area contributed by atoms with E-state index in [1.54, 1.807) is 34.4 Å². The van der Waals surface area contributed by atoms with Gasteiger partial charge in [0.25, 0.3) is 0 Å². The van der Waals surface area contributed by atoms with E-state index in [9.17, 15) is 0 Å². The molecule has 0 aliphatic carbocycles. The van der Waals surface area contributed by atoms with Crippen molar-refractivity contribution < 1.29 is 0 Å². The van der Waals surface area contributed by atoms with Gasteiger partial charge < -0.3 is 0 Å². The van der Waals surface area contributed by atoms with Crippen LogP contribution in [0.2, 0.25) is 0 Å². The molecular weight excluding hydrogens is 292 g/mol. The van der Waals surface area contributed by atoms with Gasteiger partial charge in [-0.3, -0.25) is 0 Å². The Morgan fingerprint density at radius 2 is 2.16 bits per heavy atom. The molecular formula is C14H12N2S3. The lowest BCUT2D eigenvalue weighted by molar-refractivity contribution is 1.10. The van der Waals surface area contributed by atoms with Crippen LogP contribution in [0.15, 0.2) is 46.2 Å². The van der Waals surface area contributed by atoms with E-state index in [1.807, 2.05) is 6.20 Å². The Morgan fingerprint density at radius 3 is 2.89 bits per heavy atom. The highest BCUT2D eigenvalue weighted by Crippen LogP contribution is 2.29. The van der Waals surface area contributed by atoms with Gasteiger partial charge in [-0.15, -0.1) is 34.4 Å². The fraction of sp³-hybridized carbons (Fsp3) is 0.143. The largest absolute Gasteiger partial charge is 0.250 e. The molecule has 3 aromatic rings. The van der Waals surface area contributed by atoms with Gasteiger partial charge in [-0.1, -0.05) is 12.1 Å². The van der Waals surface area contributed by atoms with Crippen LogP contribution in [0, 0.1) is 6.92 Å². The molecule has 0 unspecified atom stereocenters. The van der Waals surface area contributed by atoms with Crippen LogP contribution in [-0.2, 0) is 5.75 Å². The molecule has 2 nitrogen and oxygen atoms in total. The summed E-state index contributed by atoms with van der Waals surface area (Å²) >= 11 is 5.17. The highest BCUT2D eigenvalue weighted by atomic mass is 32.2. The zero-order valence-electron chi connectivity index (χ0n) is 10.4. The molecule has 0 radical (unpaired) electrons. The molecule has 0 aliphatic rings. The van der Waals surface area contributed by atoms with E-state index in [0.29, 0.717) is 0 Å². The summed E-state index contributed by atoms with van der Waals surface area (Å²) in [7, 11) is 0. The molecule has 0 N–H and O–H groups in total. The molecule has 3 rings (SSSR count). The van der Waals surface area contributed by atoms with Gasteiger partial charge >= 0.3 is 0 Å². The maximum absolute atomic E-state index is 4.67. The summed E-state index contributed by atoms with van der Waals surface area (Å²) in [5.41, 5.74) is 2.32. The minimum Gasteiger partial charge on any atom is -0.250 e. The van der Waals surface area contributed by atoms with Crippen LogP contribution in [-0.4, -0.2) is 9.97 Å². The van der Waals surface area contributed by atoms with Gasteiger partial charge in [-0.2, -0.15) is 0 Å². The SMILES string of the molecule is Cc1ccc(SCc2csc(-c3cccs3)n2)nc1. The highest BCUT2D eigenvalue weighted by Gasteiger charge is 2.06. The third-order valence-electron chi connectivity index (χ3n) is 2.54.